The molecule has 0 fully saturated rings. The first-order valence-corrected chi connectivity index (χ1v) is 10.7. The van der Waals surface area contributed by atoms with Crippen LogP contribution < -0.4 is 0 Å². The van der Waals surface area contributed by atoms with Gasteiger partial charge in [0.1, 0.15) is 17.2 Å². The van der Waals surface area contributed by atoms with E-state index in [1.807, 2.05) is 42.5 Å². The normalized spacial score (nSPS) is 9.94. The summed E-state index contributed by atoms with van der Waals surface area (Å²) >= 11 is 1.59. The van der Waals surface area contributed by atoms with Crippen molar-refractivity contribution in [2.45, 2.75) is 29.1 Å². The minimum absolute atomic E-state index is 0.289. The van der Waals surface area contributed by atoms with E-state index < -0.39 is 0 Å². The highest BCUT2D eigenvalue weighted by Gasteiger charge is 2.06. The summed E-state index contributed by atoms with van der Waals surface area (Å²) in [4.78, 5) is 2.08. The van der Waals surface area contributed by atoms with Gasteiger partial charge in [-0.15, -0.1) is 19.7 Å². The van der Waals surface area contributed by atoms with Crippen LogP contribution in [0.1, 0.15) is 16.7 Å². The fraction of sp³-hybridized carbons (Fsp3) is 0.111. The number of aromatic hydroxyl groups is 3. The first-order valence-electron chi connectivity index (χ1n) is 9.89. The van der Waals surface area contributed by atoms with Gasteiger partial charge in [-0.1, -0.05) is 48.2 Å². The van der Waals surface area contributed by atoms with Gasteiger partial charge in [-0.25, -0.2) is 0 Å². The summed E-state index contributed by atoms with van der Waals surface area (Å²) in [5, 5.41) is 28.8. The molecule has 0 aliphatic heterocycles. The van der Waals surface area contributed by atoms with Crippen molar-refractivity contribution in [3.05, 3.63) is 115 Å². The van der Waals surface area contributed by atoms with Gasteiger partial charge in [0.25, 0.3) is 0 Å². The van der Waals surface area contributed by atoms with E-state index in [1.165, 1.54) is 0 Å². The van der Waals surface area contributed by atoms with Crippen LogP contribution in [-0.2, 0) is 19.3 Å². The molecule has 31 heavy (non-hydrogen) atoms. The third-order valence-corrected chi connectivity index (χ3v) is 5.40. The lowest BCUT2D eigenvalue weighted by Gasteiger charge is -2.08. The van der Waals surface area contributed by atoms with Crippen LogP contribution in [0.2, 0.25) is 0 Å². The second-order valence-electron chi connectivity index (χ2n) is 6.79. The van der Waals surface area contributed by atoms with Crippen LogP contribution >= 0.6 is 11.8 Å². The van der Waals surface area contributed by atoms with Gasteiger partial charge in [-0.3, -0.25) is 0 Å². The average Bonchev–Trinajstić information content (AvgIpc) is 2.76. The Morgan fingerprint density at radius 3 is 1.45 bits per heavy atom. The molecule has 0 bridgehead atoms. The molecule has 0 spiro atoms. The Kier molecular flexibility index (Phi) is 9.53. The Hall–Kier alpha value is -3.37. The Bertz CT molecular complexity index is 983. The third-order valence-electron chi connectivity index (χ3n) is 4.42. The number of benzene rings is 3. The van der Waals surface area contributed by atoms with Crippen LogP contribution in [0.15, 0.2) is 108 Å². The Labute approximate surface area is 188 Å². The first-order chi connectivity index (χ1) is 15.0. The molecule has 0 aliphatic carbocycles. The summed E-state index contributed by atoms with van der Waals surface area (Å²) in [7, 11) is 0. The molecule has 3 aromatic rings. The quantitative estimate of drug-likeness (QED) is 0.342. The van der Waals surface area contributed by atoms with E-state index in [9.17, 15) is 15.3 Å². The van der Waals surface area contributed by atoms with E-state index in [1.54, 1.807) is 48.2 Å². The SMILES string of the molecule is C=CCc1cc(Sc2ccc(O)c(CC=C)c2)ccc1O.C=CCc1ccccc1O. The van der Waals surface area contributed by atoms with Crippen molar-refractivity contribution in [2.75, 3.05) is 0 Å². The summed E-state index contributed by atoms with van der Waals surface area (Å²) in [5.74, 6) is 0.928. The van der Waals surface area contributed by atoms with E-state index in [4.69, 9.17) is 0 Å². The van der Waals surface area contributed by atoms with Gasteiger partial charge in [-0.2, -0.15) is 0 Å². The molecule has 0 aromatic heterocycles. The molecule has 160 valence electrons. The fourth-order valence-electron chi connectivity index (χ4n) is 2.86. The predicted octanol–water partition coefficient (Wildman–Crippen LogP) is 6.83. The number of phenols is 3. The maximum absolute atomic E-state index is 9.78. The molecule has 3 rings (SSSR count). The highest BCUT2D eigenvalue weighted by atomic mass is 32.2. The van der Waals surface area contributed by atoms with Gasteiger partial charge in [0.15, 0.2) is 0 Å². The lowest BCUT2D eigenvalue weighted by Crippen LogP contribution is -1.85. The van der Waals surface area contributed by atoms with Crippen LogP contribution in [0, 0.1) is 0 Å². The lowest BCUT2D eigenvalue weighted by atomic mass is 10.1. The monoisotopic (exact) mass is 432 g/mol. The van der Waals surface area contributed by atoms with Crippen LogP contribution in [-0.4, -0.2) is 15.3 Å². The minimum Gasteiger partial charge on any atom is -0.508 e. The molecule has 0 amide bonds. The molecule has 0 saturated heterocycles. The standard InChI is InChI=1S/C18H18O2S.C9H10O/c1-3-5-13-11-15(7-9-17(13)19)21-16-8-10-18(20)14(12-16)6-4-2;1-2-5-8-6-3-4-7-9(8)10/h3-4,7-12,19-20H,1-2,5-6H2;2-4,6-7,10H,1,5H2. The van der Waals surface area contributed by atoms with E-state index in [2.05, 4.69) is 19.7 Å². The molecule has 0 saturated carbocycles. The van der Waals surface area contributed by atoms with Crippen LogP contribution in [0.25, 0.3) is 0 Å². The number of rotatable bonds is 8. The number of hydrogen-bond donors (Lipinski definition) is 3. The van der Waals surface area contributed by atoms with Crippen LogP contribution in [0.4, 0.5) is 0 Å². The molecule has 0 radical (unpaired) electrons. The van der Waals surface area contributed by atoms with Gasteiger partial charge >= 0.3 is 0 Å². The topological polar surface area (TPSA) is 60.7 Å². The highest BCUT2D eigenvalue weighted by Crippen LogP contribution is 2.33. The van der Waals surface area contributed by atoms with Gasteiger partial charge in [-0.05, 0) is 78.4 Å². The lowest BCUT2D eigenvalue weighted by molar-refractivity contribution is 0.469. The Balaban J connectivity index is 0.000000285. The van der Waals surface area contributed by atoms with Gasteiger partial charge < -0.3 is 15.3 Å². The zero-order valence-corrected chi connectivity index (χ0v) is 18.3. The van der Waals surface area contributed by atoms with Crippen LogP contribution in [0.3, 0.4) is 0 Å². The maximum atomic E-state index is 9.78. The van der Waals surface area contributed by atoms with Crippen molar-refractivity contribution in [3.63, 3.8) is 0 Å². The summed E-state index contributed by atoms with van der Waals surface area (Å²) in [5.41, 5.74) is 2.65. The molecule has 4 heteroatoms. The second kappa shape index (κ2) is 12.4. The van der Waals surface area contributed by atoms with E-state index in [0.717, 1.165) is 32.9 Å². The predicted molar refractivity (Wildman–Crippen MR) is 130 cm³/mol. The van der Waals surface area contributed by atoms with Crippen LogP contribution in [0.5, 0.6) is 17.2 Å². The summed E-state index contributed by atoms with van der Waals surface area (Å²) in [6.45, 7) is 11.0. The minimum atomic E-state index is 0.289. The zero-order valence-electron chi connectivity index (χ0n) is 17.5. The molecule has 0 aliphatic rings. The summed E-state index contributed by atoms with van der Waals surface area (Å²) < 4.78 is 0. The average molecular weight is 433 g/mol. The second-order valence-corrected chi connectivity index (χ2v) is 7.94. The van der Waals surface area contributed by atoms with E-state index in [-0.39, 0.29) is 11.5 Å². The van der Waals surface area contributed by atoms with Gasteiger partial charge in [0.05, 0.1) is 0 Å². The number of hydrogen-bond acceptors (Lipinski definition) is 4. The number of para-hydroxylation sites is 1. The van der Waals surface area contributed by atoms with Gasteiger partial charge in [0, 0.05) is 9.79 Å². The van der Waals surface area contributed by atoms with Crippen molar-refractivity contribution < 1.29 is 15.3 Å². The van der Waals surface area contributed by atoms with Crippen molar-refractivity contribution in [1.29, 1.82) is 0 Å². The summed E-state index contributed by atoms with van der Waals surface area (Å²) in [6, 6.07) is 18.4. The first kappa shape index (κ1) is 23.9. The number of phenolic OH excluding ortho intramolecular Hbond substituents is 3. The smallest absolute Gasteiger partial charge is 0.119 e. The molecule has 3 aromatic carbocycles. The molecule has 3 N–H and O–H groups in total. The molecular weight excluding hydrogens is 404 g/mol. The van der Waals surface area contributed by atoms with E-state index >= 15 is 0 Å². The van der Waals surface area contributed by atoms with Crippen molar-refractivity contribution in [3.8, 4) is 17.2 Å². The highest BCUT2D eigenvalue weighted by molar-refractivity contribution is 7.99. The van der Waals surface area contributed by atoms with Crippen molar-refractivity contribution in [2.24, 2.45) is 0 Å². The largest absolute Gasteiger partial charge is 0.508 e. The Morgan fingerprint density at radius 1 is 0.581 bits per heavy atom. The molecule has 3 nitrogen and oxygen atoms in total. The zero-order chi connectivity index (χ0) is 22.6. The summed E-state index contributed by atoms with van der Waals surface area (Å²) in [6.07, 6.45) is 7.31. The van der Waals surface area contributed by atoms with Crippen molar-refractivity contribution >= 4 is 11.8 Å². The maximum Gasteiger partial charge on any atom is 0.119 e. The molecular formula is C27H28O3S. The van der Waals surface area contributed by atoms with Crippen molar-refractivity contribution in [1.82, 2.24) is 0 Å². The Morgan fingerprint density at radius 2 is 1.00 bits per heavy atom. The van der Waals surface area contributed by atoms with Gasteiger partial charge in [0.2, 0.25) is 0 Å². The molecule has 0 unspecified atom stereocenters. The molecule has 0 heterocycles. The molecule has 0 atom stereocenters. The third kappa shape index (κ3) is 7.43. The van der Waals surface area contributed by atoms with E-state index in [0.29, 0.717) is 18.6 Å². The number of allylic oxidation sites excluding steroid dienone is 3. The fourth-order valence-corrected chi connectivity index (χ4v) is 3.81.